The number of nitrogen functional groups attached to an aromatic ring is 1. The fraction of sp³-hybridized carbons (Fsp3) is 0.217. The standard InChI is InChI=1S/C23H24N8O4/c1-3-12-34-17-10-8-15(9-11-17)14-25-27-23(32)19-20(16-6-5-7-18(13-16)33-4-2)31(30-26-19)22-21(24)28-35-29-22/h5-11,13-14H,3-4,12H2,1-2H3,(H2,24,28)(H,27,32). The maximum absolute atomic E-state index is 13.0. The number of nitrogens with zero attached hydrogens (tertiary/aromatic N) is 6. The van der Waals surface area contributed by atoms with Crippen LogP contribution < -0.4 is 20.6 Å². The molecule has 4 aromatic rings. The molecule has 0 aliphatic rings. The molecule has 0 saturated heterocycles. The van der Waals surface area contributed by atoms with Crippen molar-refractivity contribution in [2.24, 2.45) is 5.10 Å². The summed E-state index contributed by atoms with van der Waals surface area (Å²) >= 11 is 0. The second kappa shape index (κ2) is 10.9. The lowest BCUT2D eigenvalue weighted by atomic mass is 10.1. The van der Waals surface area contributed by atoms with E-state index in [-0.39, 0.29) is 17.3 Å². The van der Waals surface area contributed by atoms with Gasteiger partial charge in [-0.05, 0) is 65.6 Å². The average Bonchev–Trinajstić information content (AvgIpc) is 3.50. The minimum Gasteiger partial charge on any atom is -0.494 e. The summed E-state index contributed by atoms with van der Waals surface area (Å²) in [6, 6.07) is 14.5. The molecule has 12 heteroatoms. The normalized spacial score (nSPS) is 11.0. The number of hydrazone groups is 1. The lowest BCUT2D eigenvalue weighted by molar-refractivity contribution is 0.0950. The highest BCUT2D eigenvalue weighted by Gasteiger charge is 2.25. The summed E-state index contributed by atoms with van der Waals surface area (Å²) in [6.07, 6.45) is 2.44. The highest BCUT2D eigenvalue weighted by molar-refractivity contribution is 5.99. The second-order valence-corrected chi connectivity index (χ2v) is 7.25. The number of hydrogen-bond donors (Lipinski definition) is 2. The van der Waals surface area contributed by atoms with Crippen molar-refractivity contribution in [2.75, 3.05) is 18.9 Å². The van der Waals surface area contributed by atoms with E-state index < -0.39 is 5.91 Å². The zero-order valence-corrected chi connectivity index (χ0v) is 19.2. The second-order valence-electron chi connectivity index (χ2n) is 7.25. The Morgan fingerprint density at radius 2 is 1.97 bits per heavy atom. The van der Waals surface area contributed by atoms with Gasteiger partial charge < -0.3 is 15.2 Å². The molecule has 0 atom stereocenters. The summed E-state index contributed by atoms with van der Waals surface area (Å²) in [4.78, 5) is 13.0. The summed E-state index contributed by atoms with van der Waals surface area (Å²) < 4.78 is 17.1. The van der Waals surface area contributed by atoms with Gasteiger partial charge in [0.15, 0.2) is 5.69 Å². The summed E-state index contributed by atoms with van der Waals surface area (Å²) in [6.45, 7) is 5.05. The molecule has 4 rings (SSSR count). The number of benzene rings is 2. The predicted octanol–water partition coefficient (Wildman–Crippen LogP) is 2.85. The zero-order chi connectivity index (χ0) is 24.6. The molecule has 0 aliphatic heterocycles. The smallest absolute Gasteiger partial charge is 0.294 e. The van der Waals surface area contributed by atoms with E-state index >= 15 is 0 Å². The first-order valence-electron chi connectivity index (χ1n) is 10.9. The number of amides is 1. The molecular formula is C23H24N8O4. The van der Waals surface area contributed by atoms with Crippen LogP contribution in [0.4, 0.5) is 5.82 Å². The van der Waals surface area contributed by atoms with Crippen LogP contribution in [0.3, 0.4) is 0 Å². The third kappa shape index (κ3) is 5.43. The van der Waals surface area contributed by atoms with Gasteiger partial charge in [0, 0.05) is 5.56 Å². The monoisotopic (exact) mass is 476 g/mol. The van der Waals surface area contributed by atoms with Crippen LogP contribution >= 0.6 is 0 Å². The molecular weight excluding hydrogens is 452 g/mol. The Bertz CT molecular complexity index is 1310. The highest BCUT2D eigenvalue weighted by Crippen LogP contribution is 2.29. The van der Waals surface area contributed by atoms with Crippen LogP contribution in [0.25, 0.3) is 17.1 Å². The van der Waals surface area contributed by atoms with Crippen LogP contribution in [0.15, 0.2) is 58.3 Å². The van der Waals surface area contributed by atoms with Crippen molar-refractivity contribution in [3.05, 3.63) is 59.8 Å². The molecule has 3 N–H and O–H groups in total. The predicted molar refractivity (Wildman–Crippen MR) is 128 cm³/mol. The van der Waals surface area contributed by atoms with Crippen LogP contribution in [0.5, 0.6) is 11.5 Å². The summed E-state index contributed by atoms with van der Waals surface area (Å²) in [7, 11) is 0. The minimum atomic E-state index is -0.581. The van der Waals surface area contributed by atoms with E-state index in [2.05, 4.69) is 31.2 Å². The van der Waals surface area contributed by atoms with E-state index in [4.69, 9.17) is 19.8 Å². The van der Waals surface area contributed by atoms with E-state index in [1.165, 1.54) is 10.9 Å². The zero-order valence-electron chi connectivity index (χ0n) is 19.2. The maximum Gasteiger partial charge on any atom is 0.294 e. The van der Waals surface area contributed by atoms with Crippen LogP contribution in [-0.4, -0.2) is 50.6 Å². The number of hydrogen-bond acceptors (Lipinski definition) is 10. The van der Waals surface area contributed by atoms with Crippen molar-refractivity contribution in [3.63, 3.8) is 0 Å². The fourth-order valence-electron chi connectivity index (χ4n) is 3.17. The van der Waals surface area contributed by atoms with Gasteiger partial charge in [0.05, 0.1) is 19.4 Å². The maximum atomic E-state index is 13.0. The van der Waals surface area contributed by atoms with Crippen molar-refractivity contribution >= 4 is 17.9 Å². The molecule has 0 saturated carbocycles. The van der Waals surface area contributed by atoms with Crippen molar-refractivity contribution in [2.45, 2.75) is 20.3 Å². The van der Waals surface area contributed by atoms with Crippen LogP contribution in [0, 0.1) is 0 Å². The van der Waals surface area contributed by atoms with Gasteiger partial charge in [-0.3, -0.25) is 4.79 Å². The van der Waals surface area contributed by atoms with Gasteiger partial charge in [-0.2, -0.15) is 9.78 Å². The van der Waals surface area contributed by atoms with E-state index in [1.807, 2.05) is 38.1 Å². The number of rotatable bonds is 10. The number of carbonyl (C=O) groups is 1. The SMILES string of the molecule is CCCOc1ccc(C=NNC(=O)c2nnn(-c3nonc3N)c2-c2cccc(OCC)c2)cc1. The number of anilines is 1. The Morgan fingerprint density at radius 3 is 2.69 bits per heavy atom. The molecule has 0 unspecified atom stereocenters. The van der Waals surface area contributed by atoms with Gasteiger partial charge >= 0.3 is 0 Å². The number of carbonyl (C=O) groups excluding carboxylic acids is 1. The highest BCUT2D eigenvalue weighted by atomic mass is 16.6. The molecule has 0 fully saturated rings. The number of nitrogens with one attached hydrogen (secondary N) is 1. The fourth-order valence-corrected chi connectivity index (χ4v) is 3.17. The lowest BCUT2D eigenvalue weighted by Crippen LogP contribution is -2.19. The molecule has 0 spiro atoms. The van der Waals surface area contributed by atoms with Crippen molar-refractivity contribution < 1.29 is 18.9 Å². The average molecular weight is 476 g/mol. The third-order valence-electron chi connectivity index (χ3n) is 4.73. The van der Waals surface area contributed by atoms with Crippen LogP contribution in [-0.2, 0) is 0 Å². The molecule has 180 valence electrons. The molecule has 2 aromatic heterocycles. The van der Waals surface area contributed by atoms with E-state index in [9.17, 15) is 4.79 Å². The summed E-state index contributed by atoms with van der Waals surface area (Å²) in [5.74, 6) is 0.892. The Balaban J connectivity index is 1.60. The van der Waals surface area contributed by atoms with E-state index in [0.29, 0.717) is 30.2 Å². The quantitative estimate of drug-likeness (QED) is 0.259. The molecule has 0 aliphatic carbocycles. The molecule has 35 heavy (non-hydrogen) atoms. The molecule has 0 radical (unpaired) electrons. The van der Waals surface area contributed by atoms with E-state index in [1.54, 1.807) is 24.3 Å². The number of ether oxygens (including phenoxy) is 2. The first-order valence-corrected chi connectivity index (χ1v) is 10.9. The molecule has 2 heterocycles. The first-order chi connectivity index (χ1) is 17.1. The Hall–Kier alpha value is -4.74. The van der Waals surface area contributed by atoms with Crippen molar-refractivity contribution in [1.29, 1.82) is 0 Å². The number of nitrogens with two attached hydrogens (primary N) is 1. The van der Waals surface area contributed by atoms with Gasteiger partial charge in [-0.25, -0.2) is 10.1 Å². The van der Waals surface area contributed by atoms with Gasteiger partial charge in [0.1, 0.15) is 17.2 Å². The van der Waals surface area contributed by atoms with Crippen molar-refractivity contribution in [1.82, 2.24) is 30.7 Å². The summed E-state index contributed by atoms with van der Waals surface area (Å²) in [5.41, 5.74) is 10.0. The minimum absolute atomic E-state index is 0.00140. The van der Waals surface area contributed by atoms with Crippen LogP contribution in [0.1, 0.15) is 36.3 Å². The first kappa shape index (κ1) is 23.4. The van der Waals surface area contributed by atoms with Gasteiger partial charge in [0.25, 0.3) is 5.91 Å². The Labute approximate surface area is 200 Å². The largest absolute Gasteiger partial charge is 0.494 e. The lowest BCUT2D eigenvalue weighted by Gasteiger charge is -2.08. The Kier molecular flexibility index (Phi) is 7.31. The summed E-state index contributed by atoms with van der Waals surface area (Å²) in [5, 5.41) is 19.5. The van der Waals surface area contributed by atoms with Crippen LogP contribution in [0.2, 0.25) is 0 Å². The molecule has 2 aromatic carbocycles. The van der Waals surface area contributed by atoms with Gasteiger partial charge in [-0.15, -0.1) is 5.10 Å². The third-order valence-corrected chi connectivity index (χ3v) is 4.73. The number of aromatic nitrogens is 5. The van der Waals surface area contributed by atoms with Gasteiger partial charge in [-0.1, -0.05) is 24.3 Å². The molecule has 1 amide bonds. The topological polar surface area (TPSA) is 156 Å². The molecule has 0 bridgehead atoms. The van der Waals surface area contributed by atoms with E-state index in [0.717, 1.165) is 17.7 Å². The van der Waals surface area contributed by atoms with Gasteiger partial charge in [0.2, 0.25) is 11.6 Å². The van der Waals surface area contributed by atoms with Crippen molar-refractivity contribution in [3.8, 4) is 28.6 Å². The molecule has 12 nitrogen and oxygen atoms in total. The Morgan fingerprint density at radius 1 is 1.14 bits per heavy atom.